The maximum absolute atomic E-state index is 2.56. The first-order valence-electron chi connectivity index (χ1n) is 10.0. The molecule has 1 aromatic rings. The molecule has 27 heavy (non-hydrogen) atoms. The molecule has 0 bridgehead atoms. The van der Waals surface area contributed by atoms with Gasteiger partial charge in [-0.2, -0.15) is 0 Å². The van der Waals surface area contributed by atoms with Crippen molar-refractivity contribution in [3.05, 3.63) is 85.3 Å². The molecule has 0 aliphatic heterocycles. The van der Waals surface area contributed by atoms with Crippen LogP contribution >= 0.6 is 0 Å². The van der Waals surface area contributed by atoms with Gasteiger partial charge in [-0.05, 0) is 0 Å². The molecule has 3 aliphatic carbocycles. The van der Waals surface area contributed by atoms with Gasteiger partial charge >= 0.3 is 175 Å². The third kappa shape index (κ3) is 3.09. The molecule has 2 heteroatoms. The van der Waals surface area contributed by atoms with Crippen molar-refractivity contribution in [2.75, 3.05) is 0 Å². The summed E-state index contributed by atoms with van der Waals surface area (Å²) >= 11 is -1.71. The number of benzene rings is 1. The second-order valence-corrected chi connectivity index (χ2v) is 20.0. The fraction of sp³-hybridized carbons (Fsp3) is 0.320. The van der Waals surface area contributed by atoms with E-state index in [1.165, 1.54) is 11.1 Å². The number of hydrogen-bond acceptors (Lipinski definition) is 0. The molecule has 0 nitrogen and oxygen atoms in total. The van der Waals surface area contributed by atoms with E-state index in [0.717, 1.165) is 0 Å². The van der Waals surface area contributed by atoms with E-state index < -0.39 is 29.8 Å². The average Bonchev–Trinajstić information content (AvgIpc) is 3.11. The van der Waals surface area contributed by atoms with Gasteiger partial charge < -0.3 is 0 Å². The van der Waals surface area contributed by atoms with Gasteiger partial charge in [0.1, 0.15) is 0 Å². The van der Waals surface area contributed by atoms with E-state index in [4.69, 9.17) is 0 Å². The minimum absolute atomic E-state index is 0.425. The van der Waals surface area contributed by atoms with Crippen molar-refractivity contribution in [3.8, 4) is 0 Å². The van der Waals surface area contributed by atoms with Crippen LogP contribution in [0.1, 0.15) is 30.9 Å². The van der Waals surface area contributed by atoms with Gasteiger partial charge in [0.15, 0.2) is 0 Å². The Morgan fingerprint density at radius 2 is 1.74 bits per heavy atom. The molecule has 0 N–H and O–H groups in total. The second kappa shape index (κ2) is 7.37. The third-order valence-electron chi connectivity index (χ3n) is 6.25. The molecule has 0 saturated heterocycles. The van der Waals surface area contributed by atoms with E-state index in [-0.39, 0.29) is 0 Å². The van der Waals surface area contributed by atoms with E-state index in [0.29, 0.717) is 11.8 Å². The Morgan fingerprint density at radius 1 is 1.00 bits per heavy atom. The Morgan fingerprint density at radius 3 is 2.44 bits per heavy atom. The standard InChI is InChI=1S/C23H23Si.2CH3.Hf/c1-15-14-18-9-7-11-21(24(3)4)16(2)23(18)22(15)20-13-12-17-8-5-6-10-19(17)20;;;/h5-13,16,20H,1-4H3;2*1H3;. The van der Waals surface area contributed by atoms with Crippen molar-refractivity contribution >= 4 is 19.7 Å². The van der Waals surface area contributed by atoms with Crippen molar-refractivity contribution in [1.82, 2.24) is 0 Å². The van der Waals surface area contributed by atoms with Gasteiger partial charge in [0.05, 0.1) is 0 Å². The minimum atomic E-state index is -1.71. The molecule has 0 heterocycles. The number of hydrogen-bond donors (Lipinski definition) is 0. The molecule has 0 spiro atoms. The van der Waals surface area contributed by atoms with Gasteiger partial charge in [0.25, 0.3) is 0 Å². The van der Waals surface area contributed by atoms with E-state index in [1.807, 2.05) is 0 Å². The van der Waals surface area contributed by atoms with Gasteiger partial charge in [-0.3, -0.25) is 0 Å². The van der Waals surface area contributed by atoms with Crippen LogP contribution in [0.15, 0.2) is 74.2 Å². The monoisotopic (exact) mass is 537 g/mol. The zero-order chi connectivity index (χ0) is 19.3. The van der Waals surface area contributed by atoms with Crippen LogP contribution in [0, 0.1) is 5.92 Å². The van der Waals surface area contributed by atoms with Gasteiger partial charge in [-0.1, -0.05) is 0 Å². The summed E-state index contributed by atoms with van der Waals surface area (Å²) in [7, 11) is -0.462. The van der Waals surface area contributed by atoms with Crippen LogP contribution in [0.3, 0.4) is 0 Å². The molecule has 0 fully saturated rings. The van der Waals surface area contributed by atoms with Crippen molar-refractivity contribution in [2.24, 2.45) is 5.92 Å². The maximum atomic E-state index is 2.56. The Bertz CT molecular complexity index is 991. The molecule has 0 saturated carbocycles. The molecular formula is C25H29HfSi. The molecule has 2 unspecified atom stereocenters. The van der Waals surface area contributed by atoms with E-state index in [9.17, 15) is 0 Å². The van der Waals surface area contributed by atoms with Gasteiger partial charge in [-0.15, -0.1) is 0 Å². The summed E-state index contributed by atoms with van der Waals surface area (Å²) < 4.78 is 6.88. The fourth-order valence-electron chi connectivity index (χ4n) is 5.15. The Balaban J connectivity index is 1.98. The van der Waals surface area contributed by atoms with Crippen LogP contribution in [0.2, 0.25) is 22.5 Å². The van der Waals surface area contributed by atoms with Gasteiger partial charge in [-0.25, -0.2) is 0 Å². The zero-order valence-electron chi connectivity index (χ0n) is 17.4. The van der Waals surface area contributed by atoms with Crippen LogP contribution in [0.4, 0.5) is 0 Å². The molecule has 4 rings (SSSR count). The normalized spacial score (nSPS) is 23.5. The summed E-state index contributed by atoms with van der Waals surface area (Å²) in [6.45, 7) is 9.76. The number of allylic oxidation sites excluding steroid dienone is 9. The summed E-state index contributed by atoms with van der Waals surface area (Å²) in [6.07, 6.45) is 12.0. The molecule has 0 aromatic heterocycles. The van der Waals surface area contributed by atoms with Gasteiger partial charge in [0.2, 0.25) is 0 Å². The first-order valence-corrected chi connectivity index (χ1v) is 21.5. The van der Waals surface area contributed by atoms with Crippen molar-refractivity contribution in [2.45, 2.75) is 42.2 Å². The third-order valence-corrected chi connectivity index (χ3v) is 13.9. The van der Waals surface area contributed by atoms with Crippen LogP contribution in [0.5, 0.6) is 0 Å². The number of rotatable bonds is 2. The van der Waals surface area contributed by atoms with Gasteiger partial charge in [0, 0.05) is 0 Å². The van der Waals surface area contributed by atoms with E-state index in [1.54, 1.807) is 30.8 Å². The first-order chi connectivity index (χ1) is 12.9. The Kier molecular flexibility index (Phi) is 5.24. The van der Waals surface area contributed by atoms with Crippen molar-refractivity contribution in [3.63, 3.8) is 0 Å². The molecule has 0 radical (unpaired) electrons. The molecule has 1 aromatic carbocycles. The molecule has 3 aliphatic rings. The summed E-state index contributed by atoms with van der Waals surface area (Å²) in [5.74, 6) is 0.960. The summed E-state index contributed by atoms with van der Waals surface area (Å²) in [5.41, 5.74) is 9.36. The summed E-state index contributed by atoms with van der Waals surface area (Å²) in [6, 6.07) is 8.96. The van der Waals surface area contributed by atoms with Crippen LogP contribution in [-0.2, 0) is 21.4 Å². The molecule has 2 atom stereocenters. The SMILES string of the molecule is CC1=[C]([Hf]([CH3])[CH3])C2=CC=CC(=[Si](C)C)C(C)C2=C1C1C=Cc2ccccc21. The van der Waals surface area contributed by atoms with Crippen molar-refractivity contribution in [1.29, 1.82) is 0 Å². The Labute approximate surface area is 173 Å². The van der Waals surface area contributed by atoms with E-state index in [2.05, 4.69) is 90.9 Å². The average molecular weight is 536 g/mol. The van der Waals surface area contributed by atoms with Crippen LogP contribution in [0.25, 0.3) is 6.08 Å². The summed E-state index contributed by atoms with van der Waals surface area (Å²) in [4.78, 5) is 0. The number of fused-ring (bicyclic) bond motifs is 2. The van der Waals surface area contributed by atoms with Crippen LogP contribution in [-0.4, -0.2) is 13.6 Å². The summed E-state index contributed by atoms with van der Waals surface area (Å²) in [5, 5.41) is 1.67. The zero-order valence-corrected chi connectivity index (χ0v) is 21.9. The Hall–Kier alpha value is -1.12. The van der Waals surface area contributed by atoms with Crippen LogP contribution < -0.4 is 0 Å². The van der Waals surface area contributed by atoms with E-state index >= 15 is 0 Å². The van der Waals surface area contributed by atoms with Crippen molar-refractivity contribution < 1.29 is 21.4 Å². The quantitative estimate of drug-likeness (QED) is 0.368. The first kappa shape index (κ1) is 19.2. The predicted octanol–water partition coefficient (Wildman–Crippen LogP) is 6.74. The second-order valence-electron chi connectivity index (χ2n) is 8.41. The fourth-order valence-corrected chi connectivity index (χ4v) is 12.5. The molecular weight excluding hydrogens is 507 g/mol. The molecule has 0 amide bonds. The topological polar surface area (TPSA) is 0 Å². The predicted molar refractivity (Wildman–Crippen MR) is 119 cm³/mol. The molecule has 137 valence electrons.